The molecule has 1 aliphatic carbocycles. The maximum atomic E-state index is 13.1. The summed E-state index contributed by atoms with van der Waals surface area (Å²) in [4.78, 5) is 45.0. The second-order valence-corrected chi connectivity index (χ2v) is 7.50. The Balaban J connectivity index is 1.68. The van der Waals surface area contributed by atoms with Crippen LogP contribution < -0.4 is 5.69 Å². The Morgan fingerprint density at radius 3 is 2.81 bits per heavy atom. The standard InChI is InChI=1S/C19H21N3O4/c23-16(15-13-4-1-2-5-14(13)20-18(26)21-15)22-9-3-8-19(11-22,17(24)25)10-12-6-7-12/h1-2,4-5,12H,3,6-11H2,(H,24,25)(H,20,21,26)/t19-/m0/s1. The molecule has 7 heteroatoms. The highest BCUT2D eigenvalue weighted by molar-refractivity contribution is 6.04. The van der Waals surface area contributed by atoms with Crippen LogP contribution in [0.5, 0.6) is 0 Å². The van der Waals surface area contributed by atoms with E-state index in [2.05, 4.69) is 9.97 Å². The summed E-state index contributed by atoms with van der Waals surface area (Å²) in [6.07, 6.45) is 4.00. The van der Waals surface area contributed by atoms with E-state index in [1.54, 1.807) is 29.2 Å². The van der Waals surface area contributed by atoms with Gasteiger partial charge in [0.1, 0.15) is 5.69 Å². The quantitative estimate of drug-likeness (QED) is 0.873. The molecular weight excluding hydrogens is 334 g/mol. The number of carboxylic acid groups (broad SMARTS) is 1. The number of carbonyl (C=O) groups excluding carboxylic acids is 1. The molecule has 1 amide bonds. The van der Waals surface area contributed by atoms with Gasteiger partial charge in [-0.05, 0) is 31.2 Å². The van der Waals surface area contributed by atoms with Gasteiger partial charge in [0.05, 0.1) is 10.9 Å². The first kappa shape index (κ1) is 16.8. The first-order valence-electron chi connectivity index (χ1n) is 9.00. The number of para-hydroxylation sites is 1. The van der Waals surface area contributed by atoms with Crippen molar-refractivity contribution in [3.8, 4) is 0 Å². The lowest BCUT2D eigenvalue weighted by Gasteiger charge is -2.40. The van der Waals surface area contributed by atoms with Crippen LogP contribution in [0.2, 0.25) is 0 Å². The zero-order valence-corrected chi connectivity index (χ0v) is 14.4. The normalized spacial score (nSPS) is 23.2. The van der Waals surface area contributed by atoms with E-state index in [4.69, 9.17) is 0 Å². The van der Waals surface area contributed by atoms with Gasteiger partial charge in [0, 0.05) is 18.5 Å². The third-order valence-electron chi connectivity index (χ3n) is 5.53. The molecule has 2 aliphatic rings. The highest BCUT2D eigenvalue weighted by Crippen LogP contribution is 2.45. The summed E-state index contributed by atoms with van der Waals surface area (Å²) in [6.45, 7) is 0.668. The molecule has 1 atom stereocenters. The van der Waals surface area contributed by atoms with E-state index < -0.39 is 17.1 Å². The van der Waals surface area contributed by atoms with E-state index in [-0.39, 0.29) is 18.1 Å². The zero-order chi connectivity index (χ0) is 18.3. The Kier molecular flexibility index (Phi) is 4.01. The van der Waals surface area contributed by atoms with Crippen molar-refractivity contribution in [2.75, 3.05) is 13.1 Å². The Morgan fingerprint density at radius 1 is 1.31 bits per heavy atom. The molecule has 2 heterocycles. The van der Waals surface area contributed by atoms with Gasteiger partial charge in [-0.25, -0.2) is 4.79 Å². The van der Waals surface area contributed by atoms with Gasteiger partial charge in [-0.15, -0.1) is 0 Å². The molecule has 4 rings (SSSR count). The number of fused-ring (bicyclic) bond motifs is 1. The van der Waals surface area contributed by atoms with Crippen LogP contribution in [0.1, 0.15) is 42.6 Å². The van der Waals surface area contributed by atoms with Crippen molar-refractivity contribution in [1.82, 2.24) is 14.9 Å². The number of amides is 1. The second-order valence-electron chi connectivity index (χ2n) is 7.50. The Labute approximate surface area is 150 Å². The van der Waals surface area contributed by atoms with Crippen molar-refractivity contribution < 1.29 is 14.7 Å². The fourth-order valence-electron chi connectivity index (χ4n) is 4.02. The Bertz CT molecular complexity index is 934. The first-order chi connectivity index (χ1) is 12.5. The maximum Gasteiger partial charge on any atom is 0.346 e. The molecule has 136 valence electrons. The predicted molar refractivity (Wildman–Crippen MR) is 94.9 cm³/mol. The molecule has 7 nitrogen and oxygen atoms in total. The fraction of sp³-hybridized carbons (Fsp3) is 0.474. The van der Waals surface area contributed by atoms with Crippen LogP contribution >= 0.6 is 0 Å². The minimum Gasteiger partial charge on any atom is -0.481 e. The number of hydrogen-bond donors (Lipinski definition) is 2. The zero-order valence-electron chi connectivity index (χ0n) is 14.4. The average Bonchev–Trinajstić information content (AvgIpc) is 3.44. The molecule has 2 fully saturated rings. The van der Waals surface area contributed by atoms with Crippen LogP contribution in [-0.4, -0.2) is 44.9 Å². The number of benzene rings is 1. The van der Waals surface area contributed by atoms with E-state index in [9.17, 15) is 19.5 Å². The summed E-state index contributed by atoms with van der Waals surface area (Å²) < 4.78 is 0. The Hall–Kier alpha value is -2.70. The van der Waals surface area contributed by atoms with E-state index in [0.29, 0.717) is 42.6 Å². The maximum absolute atomic E-state index is 13.1. The SMILES string of the molecule is O=C(c1nc(=O)[nH]c2ccccc12)N1CCC[C@@](CC2CC2)(C(=O)O)C1. The predicted octanol–water partition coefficient (Wildman–Crippen LogP) is 2.03. The van der Waals surface area contributed by atoms with Gasteiger partial charge in [0.15, 0.2) is 0 Å². The van der Waals surface area contributed by atoms with E-state index in [0.717, 1.165) is 12.8 Å². The van der Waals surface area contributed by atoms with Crippen molar-refractivity contribution in [2.45, 2.75) is 32.1 Å². The molecular formula is C19H21N3O4. The number of likely N-dealkylation sites (tertiary alicyclic amines) is 1. The molecule has 0 unspecified atom stereocenters. The molecule has 0 bridgehead atoms. The van der Waals surface area contributed by atoms with Crippen LogP contribution in [0.3, 0.4) is 0 Å². The molecule has 26 heavy (non-hydrogen) atoms. The van der Waals surface area contributed by atoms with Crippen LogP contribution in [0, 0.1) is 11.3 Å². The number of nitrogens with one attached hydrogen (secondary N) is 1. The van der Waals surface area contributed by atoms with Crippen molar-refractivity contribution in [3.05, 3.63) is 40.4 Å². The van der Waals surface area contributed by atoms with Gasteiger partial charge in [-0.3, -0.25) is 9.59 Å². The highest BCUT2D eigenvalue weighted by atomic mass is 16.4. The minimum atomic E-state index is -0.883. The van der Waals surface area contributed by atoms with Crippen molar-refractivity contribution in [3.63, 3.8) is 0 Å². The molecule has 1 aromatic carbocycles. The largest absolute Gasteiger partial charge is 0.481 e. The number of aromatic nitrogens is 2. The summed E-state index contributed by atoms with van der Waals surface area (Å²) in [6, 6.07) is 7.02. The van der Waals surface area contributed by atoms with Gasteiger partial charge < -0.3 is 15.0 Å². The number of aliphatic carboxylic acids is 1. The van der Waals surface area contributed by atoms with E-state index in [1.807, 2.05) is 0 Å². The second kappa shape index (κ2) is 6.23. The number of piperidine rings is 1. The van der Waals surface area contributed by atoms with Gasteiger partial charge in [0.25, 0.3) is 5.91 Å². The third kappa shape index (κ3) is 2.98. The van der Waals surface area contributed by atoms with Gasteiger partial charge >= 0.3 is 11.7 Å². The van der Waals surface area contributed by atoms with Crippen LogP contribution in [0.4, 0.5) is 0 Å². The number of H-pyrrole nitrogens is 1. The molecule has 2 N–H and O–H groups in total. The number of carboxylic acids is 1. The monoisotopic (exact) mass is 355 g/mol. The first-order valence-corrected chi connectivity index (χ1v) is 9.00. The lowest BCUT2D eigenvalue weighted by Crippen LogP contribution is -2.50. The molecule has 0 spiro atoms. The summed E-state index contributed by atoms with van der Waals surface area (Å²) in [5, 5.41) is 10.4. The lowest BCUT2D eigenvalue weighted by atomic mass is 9.75. The van der Waals surface area contributed by atoms with E-state index >= 15 is 0 Å². The fourth-order valence-corrected chi connectivity index (χ4v) is 4.02. The van der Waals surface area contributed by atoms with Crippen molar-refractivity contribution >= 4 is 22.8 Å². The van der Waals surface area contributed by atoms with Crippen LogP contribution in [0.25, 0.3) is 10.9 Å². The molecule has 1 aliphatic heterocycles. The number of carbonyl (C=O) groups is 2. The number of nitrogens with zero attached hydrogens (tertiary/aromatic N) is 2. The van der Waals surface area contributed by atoms with Crippen LogP contribution in [0.15, 0.2) is 29.1 Å². The lowest BCUT2D eigenvalue weighted by molar-refractivity contribution is -0.152. The minimum absolute atomic E-state index is 0.0944. The number of rotatable bonds is 4. The van der Waals surface area contributed by atoms with Gasteiger partial charge in [0.2, 0.25) is 0 Å². The number of aromatic amines is 1. The van der Waals surface area contributed by atoms with Gasteiger partial charge in [-0.1, -0.05) is 31.0 Å². The summed E-state index contributed by atoms with van der Waals surface area (Å²) >= 11 is 0. The van der Waals surface area contributed by atoms with Crippen LogP contribution in [-0.2, 0) is 4.79 Å². The molecule has 2 aromatic rings. The van der Waals surface area contributed by atoms with E-state index in [1.165, 1.54) is 0 Å². The van der Waals surface area contributed by atoms with Gasteiger partial charge in [-0.2, -0.15) is 4.98 Å². The summed E-state index contributed by atoms with van der Waals surface area (Å²) in [7, 11) is 0. The van der Waals surface area contributed by atoms with Crippen molar-refractivity contribution in [2.24, 2.45) is 11.3 Å². The third-order valence-corrected chi connectivity index (χ3v) is 5.53. The summed E-state index contributed by atoms with van der Waals surface area (Å²) in [5.74, 6) is -0.737. The molecule has 1 saturated carbocycles. The average molecular weight is 355 g/mol. The molecule has 0 radical (unpaired) electrons. The summed E-state index contributed by atoms with van der Waals surface area (Å²) in [5.41, 5.74) is -0.814. The Morgan fingerprint density at radius 2 is 2.08 bits per heavy atom. The topological polar surface area (TPSA) is 103 Å². The van der Waals surface area contributed by atoms with Crippen molar-refractivity contribution in [1.29, 1.82) is 0 Å². The molecule has 1 saturated heterocycles. The highest BCUT2D eigenvalue weighted by Gasteiger charge is 2.47. The molecule has 1 aromatic heterocycles. The smallest absolute Gasteiger partial charge is 0.346 e. The number of hydrogen-bond acceptors (Lipinski definition) is 4.